The first-order chi connectivity index (χ1) is 8.81. The molecule has 0 radical (unpaired) electrons. The van der Waals surface area contributed by atoms with Crippen LogP contribution in [0.4, 0.5) is 5.69 Å². The molecule has 0 bridgehead atoms. The van der Waals surface area contributed by atoms with Gasteiger partial charge in [0, 0.05) is 24.7 Å². The molecule has 0 saturated carbocycles. The van der Waals surface area contributed by atoms with Crippen LogP contribution in [-0.2, 0) is 14.8 Å². The minimum Gasteiger partial charge on any atom is -0.399 e. The predicted octanol–water partition coefficient (Wildman–Crippen LogP) is 0.462. The van der Waals surface area contributed by atoms with Crippen LogP contribution in [0.15, 0.2) is 29.2 Å². The number of anilines is 1. The van der Waals surface area contributed by atoms with Crippen LogP contribution < -0.4 is 15.8 Å². The Morgan fingerprint density at radius 3 is 2.37 bits per heavy atom. The summed E-state index contributed by atoms with van der Waals surface area (Å²) in [6, 6.07) is 5.92. The first-order valence-electron chi connectivity index (χ1n) is 5.96. The number of sulfonamides is 1. The summed E-state index contributed by atoms with van der Waals surface area (Å²) in [7, 11) is -3.59. The van der Waals surface area contributed by atoms with Gasteiger partial charge < -0.3 is 11.1 Å². The molecule has 0 aliphatic rings. The molecule has 0 atom stereocenters. The minimum atomic E-state index is -3.59. The monoisotopic (exact) mass is 285 g/mol. The van der Waals surface area contributed by atoms with Crippen molar-refractivity contribution in [3.8, 4) is 0 Å². The molecular weight excluding hydrogens is 266 g/mol. The Hall–Kier alpha value is -1.60. The van der Waals surface area contributed by atoms with Gasteiger partial charge in [-0.2, -0.15) is 0 Å². The van der Waals surface area contributed by atoms with Gasteiger partial charge in [0.15, 0.2) is 0 Å². The second-order valence-corrected chi connectivity index (χ2v) is 6.21. The molecule has 0 heterocycles. The zero-order valence-corrected chi connectivity index (χ0v) is 11.8. The smallest absolute Gasteiger partial charge is 0.240 e. The quantitative estimate of drug-likeness (QED) is 0.661. The summed E-state index contributed by atoms with van der Waals surface area (Å²) < 4.78 is 26.1. The second-order valence-electron chi connectivity index (χ2n) is 4.44. The van der Waals surface area contributed by atoms with Gasteiger partial charge in [-0.25, -0.2) is 13.1 Å². The highest BCUT2D eigenvalue weighted by Crippen LogP contribution is 2.11. The Labute approximate surface area is 113 Å². The maximum absolute atomic E-state index is 11.9. The number of nitrogens with one attached hydrogen (secondary N) is 2. The molecule has 7 heteroatoms. The average molecular weight is 285 g/mol. The number of carbonyl (C=O) groups excluding carboxylic acids is 1. The number of nitrogen functional groups attached to an aromatic ring is 1. The van der Waals surface area contributed by atoms with Crippen molar-refractivity contribution in [1.29, 1.82) is 0 Å². The van der Waals surface area contributed by atoms with Crippen LogP contribution in [0.2, 0.25) is 0 Å². The van der Waals surface area contributed by atoms with E-state index in [0.29, 0.717) is 5.69 Å². The molecule has 1 amide bonds. The van der Waals surface area contributed by atoms with E-state index in [2.05, 4.69) is 10.0 Å². The maximum Gasteiger partial charge on any atom is 0.240 e. The lowest BCUT2D eigenvalue weighted by Crippen LogP contribution is -2.34. The highest BCUT2D eigenvalue weighted by Gasteiger charge is 2.13. The first kappa shape index (κ1) is 15.5. The SMILES string of the molecule is CC(C)NC(=O)CCNS(=O)(=O)c1ccc(N)cc1. The summed E-state index contributed by atoms with van der Waals surface area (Å²) in [4.78, 5) is 11.5. The van der Waals surface area contributed by atoms with Gasteiger partial charge in [-0.1, -0.05) is 0 Å². The third-order valence-corrected chi connectivity index (χ3v) is 3.76. The van der Waals surface area contributed by atoms with Crippen molar-refractivity contribution in [3.63, 3.8) is 0 Å². The van der Waals surface area contributed by atoms with E-state index in [1.165, 1.54) is 24.3 Å². The zero-order chi connectivity index (χ0) is 14.5. The van der Waals surface area contributed by atoms with Crippen molar-refractivity contribution in [1.82, 2.24) is 10.0 Å². The molecule has 106 valence electrons. The van der Waals surface area contributed by atoms with E-state index in [9.17, 15) is 13.2 Å². The molecule has 0 saturated heterocycles. The predicted molar refractivity (Wildman–Crippen MR) is 73.9 cm³/mol. The van der Waals surface area contributed by atoms with E-state index in [-0.39, 0.29) is 29.8 Å². The molecule has 6 nitrogen and oxygen atoms in total. The third-order valence-electron chi connectivity index (χ3n) is 2.28. The maximum atomic E-state index is 11.9. The second kappa shape index (κ2) is 6.53. The minimum absolute atomic E-state index is 0.0428. The number of benzene rings is 1. The number of rotatable bonds is 6. The van der Waals surface area contributed by atoms with E-state index >= 15 is 0 Å². The number of hydrogen-bond donors (Lipinski definition) is 3. The highest BCUT2D eigenvalue weighted by molar-refractivity contribution is 7.89. The van der Waals surface area contributed by atoms with Gasteiger partial charge in [-0.05, 0) is 38.1 Å². The molecule has 0 aromatic heterocycles. The number of carbonyl (C=O) groups is 1. The summed E-state index contributed by atoms with van der Waals surface area (Å²) in [5.74, 6) is -0.185. The van der Waals surface area contributed by atoms with Crippen molar-refractivity contribution in [2.24, 2.45) is 0 Å². The number of hydrogen-bond acceptors (Lipinski definition) is 4. The summed E-state index contributed by atoms with van der Waals surface area (Å²) >= 11 is 0. The van der Waals surface area contributed by atoms with E-state index in [0.717, 1.165) is 0 Å². The van der Waals surface area contributed by atoms with Crippen LogP contribution in [-0.4, -0.2) is 26.9 Å². The number of amides is 1. The Balaban J connectivity index is 2.52. The normalized spacial score (nSPS) is 11.5. The Morgan fingerprint density at radius 1 is 1.26 bits per heavy atom. The highest BCUT2D eigenvalue weighted by atomic mass is 32.2. The fourth-order valence-corrected chi connectivity index (χ4v) is 2.46. The molecule has 1 aromatic rings. The fraction of sp³-hybridized carbons (Fsp3) is 0.417. The lowest BCUT2D eigenvalue weighted by atomic mass is 10.3. The average Bonchev–Trinajstić information content (AvgIpc) is 2.28. The third kappa shape index (κ3) is 5.27. The van der Waals surface area contributed by atoms with Gasteiger partial charge >= 0.3 is 0 Å². The molecule has 0 fully saturated rings. The first-order valence-corrected chi connectivity index (χ1v) is 7.44. The van der Waals surface area contributed by atoms with Crippen LogP contribution in [0.5, 0.6) is 0 Å². The molecule has 0 aliphatic heterocycles. The van der Waals surface area contributed by atoms with Crippen molar-refractivity contribution < 1.29 is 13.2 Å². The Kier molecular flexibility index (Phi) is 5.31. The molecule has 0 spiro atoms. The lowest BCUT2D eigenvalue weighted by Gasteiger charge is -2.09. The van der Waals surface area contributed by atoms with Crippen LogP contribution in [0.3, 0.4) is 0 Å². The Morgan fingerprint density at radius 2 is 1.84 bits per heavy atom. The molecular formula is C12H19N3O3S. The summed E-state index contributed by atoms with van der Waals surface area (Å²) in [5.41, 5.74) is 5.98. The summed E-state index contributed by atoms with van der Waals surface area (Å²) in [6.45, 7) is 3.75. The van der Waals surface area contributed by atoms with Crippen molar-refractivity contribution in [2.45, 2.75) is 31.2 Å². The van der Waals surface area contributed by atoms with Crippen LogP contribution >= 0.6 is 0 Å². The number of nitrogens with two attached hydrogens (primary N) is 1. The van der Waals surface area contributed by atoms with Gasteiger partial charge in [0.1, 0.15) is 0 Å². The van der Waals surface area contributed by atoms with Gasteiger partial charge in [0.05, 0.1) is 4.90 Å². The van der Waals surface area contributed by atoms with Crippen molar-refractivity contribution in [3.05, 3.63) is 24.3 Å². The van der Waals surface area contributed by atoms with Crippen LogP contribution in [0.25, 0.3) is 0 Å². The van der Waals surface area contributed by atoms with Gasteiger partial charge in [0.25, 0.3) is 0 Å². The molecule has 0 aliphatic carbocycles. The van der Waals surface area contributed by atoms with Crippen molar-refractivity contribution in [2.75, 3.05) is 12.3 Å². The molecule has 0 unspecified atom stereocenters. The van der Waals surface area contributed by atoms with Gasteiger partial charge in [-0.15, -0.1) is 0 Å². The largest absolute Gasteiger partial charge is 0.399 e. The lowest BCUT2D eigenvalue weighted by molar-refractivity contribution is -0.121. The molecule has 1 aromatic carbocycles. The van der Waals surface area contributed by atoms with E-state index in [1.807, 2.05) is 13.8 Å². The standard InChI is InChI=1S/C12H19N3O3S/c1-9(2)15-12(16)7-8-14-19(17,18)11-5-3-10(13)4-6-11/h3-6,9,14H,7-8,13H2,1-2H3,(H,15,16). The topological polar surface area (TPSA) is 101 Å². The van der Waals surface area contributed by atoms with E-state index in [4.69, 9.17) is 5.73 Å². The van der Waals surface area contributed by atoms with Crippen LogP contribution in [0, 0.1) is 0 Å². The van der Waals surface area contributed by atoms with Crippen LogP contribution in [0.1, 0.15) is 20.3 Å². The summed E-state index contributed by atoms with van der Waals surface area (Å²) in [5, 5.41) is 2.69. The van der Waals surface area contributed by atoms with E-state index in [1.54, 1.807) is 0 Å². The van der Waals surface area contributed by atoms with Crippen molar-refractivity contribution >= 4 is 21.6 Å². The molecule has 19 heavy (non-hydrogen) atoms. The fourth-order valence-electron chi connectivity index (χ4n) is 1.42. The molecule has 1 rings (SSSR count). The zero-order valence-electron chi connectivity index (χ0n) is 11.0. The van der Waals surface area contributed by atoms with E-state index < -0.39 is 10.0 Å². The Bertz CT molecular complexity index is 524. The van der Waals surface area contributed by atoms with Gasteiger partial charge in [-0.3, -0.25) is 4.79 Å². The van der Waals surface area contributed by atoms with Gasteiger partial charge in [0.2, 0.25) is 15.9 Å². The molecule has 4 N–H and O–H groups in total. The summed E-state index contributed by atoms with van der Waals surface area (Å²) in [6.07, 6.45) is 0.104.